The second-order valence-electron chi connectivity index (χ2n) is 5.78. The average Bonchev–Trinajstić information content (AvgIpc) is 2.15. The fraction of sp³-hybridized carbons (Fsp3) is 0.833. The molecular formula is C12H21NO3S. The SMILES string of the molecule is CC(C)N(C=O)C1(C(=O)O)CSCC(C)(C)C1. The molecule has 1 rings (SSSR count). The van der Waals surface area contributed by atoms with Crippen molar-refractivity contribution in [1.82, 2.24) is 4.90 Å². The van der Waals surface area contributed by atoms with E-state index in [0.29, 0.717) is 18.6 Å². The third-order valence-electron chi connectivity index (χ3n) is 3.17. The predicted octanol–water partition coefficient (Wildman–Crippen LogP) is 1.84. The van der Waals surface area contributed by atoms with E-state index in [0.717, 1.165) is 5.75 Å². The largest absolute Gasteiger partial charge is 0.479 e. The van der Waals surface area contributed by atoms with Crippen molar-refractivity contribution in [2.45, 2.75) is 45.7 Å². The van der Waals surface area contributed by atoms with Gasteiger partial charge in [-0.15, -0.1) is 0 Å². The van der Waals surface area contributed by atoms with Crippen LogP contribution in [0.2, 0.25) is 0 Å². The maximum absolute atomic E-state index is 11.7. The van der Waals surface area contributed by atoms with Gasteiger partial charge in [0, 0.05) is 11.8 Å². The lowest BCUT2D eigenvalue weighted by Gasteiger charge is -2.48. The number of amides is 1. The summed E-state index contributed by atoms with van der Waals surface area (Å²) in [5, 5.41) is 9.56. The van der Waals surface area contributed by atoms with Gasteiger partial charge in [-0.05, 0) is 31.4 Å². The van der Waals surface area contributed by atoms with Crippen LogP contribution < -0.4 is 0 Å². The minimum absolute atomic E-state index is 0.0581. The molecule has 1 aliphatic heterocycles. The summed E-state index contributed by atoms with van der Waals surface area (Å²) in [4.78, 5) is 24.3. The van der Waals surface area contributed by atoms with Gasteiger partial charge in [-0.1, -0.05) is 13.8 Å². The van der Waals surface area contributed by atoms with Gasteiger partial charge in [-0.3, -0.25) is 4.79 Å². The standard InChI is InChI=1S/C12H21NO3S/c1-9(2)13(8-14)12(10(15)16)5-11(3,4)6-17-7-12/h8-9H,5-7H2,1-4H3,(H,15,16). The number of aliphatic carboxylic acids is 1. The smallest absolute Gasteiger partial charge is 0.330 e. The highest BCUT2D eigenvalue weighted by Gasteiger charge is 2.51. The van der Waals surface area contributed by atoms with Gasteiger partial charge in [0.2, 0.25) is 6.41 Å². The van der Waals surface area contributed by atoms with Crippen LogP contribution in [0.5, 0.6) is 0 Å². The molecule has 17 heavy (non-hydrogen) atoms. The Morgan fingerprint density at radius 3 is 2.35 bits per heavy atom. The van der Waals surface area contributed by atoms with Gasteiger partial charge in [0.25, 0.3) is 0 Å². The Morgan fingerprint density at radius 1 is 1.41 bits per heavy atom. The zero-order valence-electron chi connectivity index (χ0n) is 10.9. The lowest BCUT2D eigenvalue weighted by molar-refractivity contribution is -0.157. The van der Waals surface area contributed by atoms with Crippen LogP contribution in [0, 0.1) is 5.41 Å². The molecule has 1 atom stereocenters. The third-order valence-corrected chi connectivity index (χ3v) is 4.83. The Labute approximate surface area is 107 Å². The summed E-state index contributed by atoms with van der Waals surface area (Å²) in [6.07, 6.45) is 1.19. The van der Waals surface area contributed by atoms with Crippen molar-refractivity contribution in [3.05, 3.63) is 0 Å². The molecule has 0 aromatic rings. The molecule has 0 bridgehead atoms. The first kappa shape index (κ1) is 14.4. The highest BCUT2D eigenvalue weighted by molar-refractivity contribution is 7.99. The highest BCUT2D eigenvalue weighted by atomic mass is 32.2. The maximum atomic E-state index is 11.7. The van der Waals surface area contributed by atoms with Crippen molar-refractivity contribution in [3.8, 4) is 0 Å². The van der Waals surface area contributed by atoms with Crippen molar-refractivity contribution in [2.75, 3.05) is 11.5 Å². The van der Waals surface area contributed by atoms with Gasteiger partial charge in [-0.2, -0.15) is 11.8 Å². The minimum atomic E-state index is -1.05. The summed E-state index contributed by atoms with van der Waals surface area (Å²) >= 11 is 1.62. The number of rotatable bonds is 4. The summed E-state index contributed by atoms with van der Waals surface area (Å²) in [7, 11) is 0. The van der Waals surface area contributed by atoms with Crippen molar-refractivity contribution in [3.63, 3.8) is 0 Å². The number of hydrogen-bond acceptors (Lipinski definition) is 3. The van der Waals surface area contributed by atoms with Crippen LogP contribution in [0.1, 0.15) is 34.1 Å². The number of hydrogen-bond donors (Lipinski definition) is 1. The summed E-state index contributed by atoms with van der Waals surface area (Å²) in [5.74, 6) is 0.522. The number of carboxylic acid groups (broad SMARTS) is 1. The molecule has 1 N–H and O–H groups in total. The lowest BCUT2D eigenvalue weighted by atomic mass is 9.78. The van der Waals surface area contributed by atoms with E-state index < -0.39 is 11.5 Å². The average molecular weight is 259 g/mol. The van der Waals surface area contributed by atoms with E-state index in [1.54, 1.807) is 11.8 Å². The van der Waals surface area contributed by atoms with Crippen molar-refractivity contribution in [1.29, 1.82) is 0 Å². The molecule has 4 nitrogen and oxygen atoms in total. The molecule has 1 heterocycles. The molecule has 0 aromatic carbocycles. The first-order valence-electron chi connectivity index (χ1n) is 5.80. The number of nitrogens with zero attached hydrogens (tertiary/aromatic N) is 1. The molecule has 1 fully saturated rings. The topological polar surface area (TPSA) is 57.6 Å². The first-order chi connectivity index (χ1) is 7.75. The van der Waals surface area contributed by atoms with Crippen LogP contribution in [-0.4, -0.2) is 45.5 Å². The Bertz CT molecular complexity index is 317. The van der Waals surface area contributed by atoms with E-state index in [2.05, 4.69) is 13.8 Å². The zero-order valence-corrected chi connectivity index (χ0v) is 11.7. The summed E-state index contributed by atoms with van der Waals surface area (Å²) in [6, 6.07) is -0.0990. The molecule has 0 saturated carbocycles. The van der Waals surface area contributed by atoms with E-state index >= 15 is 0 Å². The van der Waals surface area contributed by atoms with Crippen LogP contribution in [0.15, 0.2) is 0 Å². The van der Waals surface area contributed by atoms with Gasteiger partial charge in [0.15, 0.2) is 0 Å². The van der Waals surface area contributed by atoms with Crippen molar-refractivity contribution in [2.24, 2.45) is 5.41 Å². The molecule has 1 saturated heterocycles. The van der Waals surface area contributed by atoms with Gasteiger partial charge in [0.05, 0.1) is 0 Å². The lowest BCUT2D eigenvalue weighted by Crippen LogP contribution is -2.62. The maximum Gasteiger partial charge on any atom is 0.330 e. The van der Waals surface area contributed by atoms with Crippen LogP contribution in [-0.2, 0) is 9.59 Å². The molecule has 5 heteroatoms. The fourth-order valence-corrected chi connectivity index (χ4v) is 3.99. The summed E-state index contributed by atoms with van der Waals surface area (Å²) in [6.45, 7) is 7.82. The van der Waals surface area contributed by atoms with Gasteiger partial charge < -0.3 is 10.0 Å². The quantitative estimate of drug-likeness (QED) is 0.783. The van der Waals surface area contributed by atoms with Gasteiger partial charge >= 0.3 is 5.97 Å². The highest BCUT2D eigenvalue weighted by Crippen LogP contribution is 2.42. The second kappa shape index (κ2) is 4.88. The summed E-state index contributed by atoms with van der Waals surface area (Å²) in [5.41, 5.74) is -1.11. The van der Waals surface area contributed by atoms with E-state index in [1.807, 2.05) is 13.8 Å². The molecular weight excluding hydrogens is 238 g/mol. The molecule has 0 aliphatic carbocycles. The number of carbonyl (C=O) groups excluding carboxylic acids is 1. The van der Waals surface area contributed by atoms with Crippen LogP contribution in [0.25, 0.3) is 0 Å². The van der Waals surface area contributed by atoms with E-state index in [9.17, 15) is 14.7 Å². The Kier molecular flexibility index (Phi) is 4.12. The van der Waals surface area contributed by atoms with Crippen LogP contribution in [0.3, 0.4) is 0 Å². The van der Waals surface area contributed by atoms with E-state index in [1.165, 1.54) is 4.90 Å². The Balaban J connectivity index is 3.12. The predicted molar refractivity (Wildman–Crippen MR) is 69.1 cm³/mol. The van der Waals surface area contributed by atoms with Gasteiger partial charge in [-0.25, -0.2) is 4.79 Å². The van der Waals surface area contributed by atoms with Crippen LogP contribution >= 0.6 is 11.8 Å². The zero-order chi connectivity index (χ0) is 13.3. The number of thioether (sulfide) groups is 1. The monoisotopic (exact) mass is 259 g/mol. The molecule has 0 aromatic heterocycles. The number of carboxylic acids is 1. The second-order valence-corrected chi connectivity index (χ2v) is 6.76. The number of carbonyl (C=O) groups is 2. The van der Waals surface area contributed by atoms with Gasteiger partial charge in [0.1, 0.15) is 5.54 Å². The van der Waals surface area contributed by atoms with Crippen molar-refractivity contribution < 1.29 is 14.7 Å². The molecule has 1 unspecified atom stereocenters. The molecule has 1 amide bonds. The van der Waals surface area contributed by atoms with Crippen LogP contribution in [0.4, 0.5) is 0 Å². The Hall–Kier alpha value is -0.710. The molecule has 98 valence electrons. The van der Waals surface area contributed by atoms with E-state index in [-0.39, 0.29) is 11.5 Å². The third kappa shape index (κ3) is 2.76. The normalized spacial score (nSPS) is 27.8. The molecule has 0 spiro atoms. The van der Waals surface area contributed by atoms with E-state index in [4.69, 9.17) is 0 Å². The molecule has 1 aliphatic rings. The summed E-state index contributed by atoms with van der Waals surface area (Å²) < 4.78 is 0. The van der Waals surface area contributed by atoms with Crippen molar-refractivity contribution >= 4 is 24.1 Å². The molecule has 0 radical (unpaired) electrons. The Morgan fingerprint density at radius 2 is 2.00 bits per heavy atom. The fourth-order valence-electron chi connectivity index (χ4n) is 2.52. The minimum Gasteiger partial charge on any atom is -0.479 e. The first-order valence-corrected chi connectivity index (χ1v) is 6.95.